The predicted molar refractivity (Wildman–Crippen MR) is 119 cm³/mol. The van der Waals surface area contributed by atoms with E-state index < -0.39 is 0 Å². The lowest BCUT2D eigenvalue weighted by Crippen LogP contribution is -2.51. The molecule has 1 aromatic rings. The molecule has 0 spiro atoms. The highest BCUT2D eigenvalue weighted by atomic mass is 16.2. The fourth-order valence-corrected chi connectivity index (χ4v) is 3.56. The fourth-order valence-electron chi connectivity index (χ4n) is 3.56. The van der Waals surface area contributed by atoms with Crippen molar-refractivity contribution < 1.29 is 9.59 Å². The Morgan fingerprint density at radius 2 is 1.52 bits per heavy atom. The van der Waals surface area contributed by atoms with Crippen molar-refractivity contribution in [3.8, 4) is 0 Å². The number of nitrogens with one attached hydrogen (secondary N) is 2. The molecule has 1 heterocycles. The summed E-state index contributed by atoms with van der Waals surface area (Å²) in [5.74, 6) is 0.778. The molecule has 2 N–H and O–H groups in total. The van der Waals surface area contributed by atoms with Gasteiger partial charge in [0.2, 0.25) is 11.8 Å². The average Bonchev–Trinajstić information content (AvgIpc) is 2.65. The minimum atomic E-state index is 0.0175. The number of carbonyl (C=O) groups is 2. The third-order valence-electron chi connectivity index (χ3n) is 5.66. The van der Waals surface area contributed by atoms with Gasteiger partial charge in [-0.2, -0.15) is 0 Å². The van der Waals surface area contributed by atoms with Crippen LogP contribution in [-0.2, 0) is 9.59 Å². The van der Waals surface area contributed by atoms with Crippen molar-refractivity contribution in [2.24, 2.45) is 5.92 Å². The molecule has 29 heavy (non-hydrogen) atoms. The monoisotopic (exact) mass is 402 g/mol. The van der Waals surface area contributed by atoms with Crippen LogP contribution in [0.1, 0.15) is 44.7 Å². The molecule has 1 aliphatic heterocycles. The van der Waals surface area contributed by atoms with Gasteiger partial charge in [-0.05, 0) is 56.7 Å². The largest absolute Gasteiger partial charge is 0.353 e. The van der Waals surface area contributed by atoms with Crippen LogP contribution in [0.15, 0.2) is 18.2 Å². The minimum absolute atomic E-state index is 0.0175. The van der Waals surface area contributed by atoms with E-state index in [-0.39, 0.29) is 17.9 Å². The van der Waals surface area contributed by atoms with Crippen molar-refractivity contribution in [2.45, 2.75) is 53.5 Å². The minimum Gasteiger partial charge on any atom is -0.353 e. The summed E-state index contributed by atoms with van der Waals surface area (Å²) in [5, 5.41) is 6.13. The number of anilines is 1. The van der Waals surface area contributed by atoms with E-state index in [1.165, 1.54) is 5.56 Å². The van der Waals surface area contributed by atoms with Crippen LogP contribution in [0.4, 0.5) is 5.69 Å². The zero-order valence-corrected chi connectivity index (χ0v) is 18.8. The lowest BCUT2D eigenvalue weighted by Gasteiger charge is -2.34. The first-order chi connectivity index (χ1) is 13.7. The van der Waals surface area contributed by atoms with Crippen molar-refractivity contribution in [3.05, 3.63) is 29.3 Å². The smallest absolute Gasteiger partial charge is 0.238 e. The molecule has 6 nitrogen and oxygen atoms in total. The lowest BCUT2D eigenvalue weighted by molar-refractivity contribution is -0.124. The number of rotatable bonds is 9. The standard InChI is InChI=1S/C23H38N4O2/c1-17(2)9-10-19(4)24-22(28)15-26-11-13-27(14-12-26)16-23(29)25-21-8-6-7-18(3)20(21)5/h6-8,17,19H,9-16H2,1-5H3,(H,24,28)(H,25,29)/t19-/m1/s1. The van der Waals surface area contributed by atoms with Crippen LogP contribution < -0.4 is 10.6 Å². The van der Waals surface area contributed by atoms with Gasteiger partial charge in [-0.15, -0.1) is 0 Å². The topological polar surface area (TPSA) is 64.7 Å². The summed E-state index contributed by atoms with van der Waals surface area (Å²) in [6.45, 7) is 14.6. The first kappa shape index (κ1) is 23.4. The number of nitrogens with zero attached hydrogens (tertiary/aromatic N) is 2. The number of carbonyl (C=O) groups excluding carboxylic acids is 2. The van der Waals surface area contributed by atoms with Crippen molar-refractivity contribution in [3.63, 3.8) is 0 Å². The van der Waals surface area contributed by atoms with Gasteiger partial charge in [0, 0.05) is 37.9 Å². The summed E-state index contributed by atoms with van der Waals surface area (Å²) in [4.78, 5) is 29.0. The molecule has 0 aliphatic carbocycles. The van der Waals surface area contributed by atoms with Crippen LogP contribution in [-0.4, -0.2) is 66.9 Å². The molecule has 2 amide bonds. The molecule has 1 aromatic carbocycles. The van der Waals surface area contributed by atoms with Gasteiger partial charge in [0.25, 0.3) is 0 Å². The number of piperazine rings is 1. The molecule has 1 atom stereocenters. The molecule has 0 bridgehead atoms. The molecule has 0 radical (unpaired) electrons. The Labute approximate surface area is 176 Å². The normalized spacial score (nSPS) is 16.6. The Morgan fingerprint density at radius 3 is 2.10 bits per heavy atom. The van der Waals surface area contributed by atoms with Crippen molar-refractivity contribution in [1.82, 2.24) is 15.1 Å². The summed E-state index contributed by atoms with van der Waals surface area (Å²) in [6, 6.07) is 6.18. The highest BCUT2D eigenvalue weighted by Crippen LogP contribution is 2.18. The van der Waals surface area contributed by atoms with Gasteiger partial charge in [-0.1, -0.05) is 26.0 Å². The maximum atomic E-state index is 12.4. The zero-order chi connectivity index (χ0) is 21.4. The number of hydrogen-bond acceptors (Lipinski definition) is 4. The average molecular weight is 403 g/mol. The second-order valence-electron chi connectivity index (χ2n) is 8.79. The number of aryl methyl sites for hydroxylation is 1. The highest BCUT2D eigenvalue weighted by molar-refractivity contribution is 5.93. The fraction of sp³-hybridized carbons (Fsp3) is 0.652. The van der Waals surface area contributed by atoms with Crippen molar-refractivity contribution in [1.29, 1.82) is 0 Å². The quantitative estimate of drug-likeness (QED) is 0.667. The van der Waals surface area contributed by atoms with Crippen LogP contribution >= 0.6 is 0 Å². The van der Waals surface area contributed by atoms with Crippen LogP contribution in [0, 0.1) is 19.8 Å². The Kier molecular flexibility index (Phi) is 9.11. The lowest BCUT2D eigenvalue weighted by atomic mass is 10.0. The van der Waals surface area contributed by atoms with E-state index in [9.17, 15) is 9.59 Å². The van der Waals surface area contributed by atoms with Gasteiger partial charge in [0.05, 0.1) is 13.1 Å². The van der Waals surface area contributed by atoms with Crippen LogP contribution in [0.2, 0.25) is 0 Å². The molecule has 1 saturated heterocycles. The van der Waals surface area contributed by atoms with E-state index in [0.717, 1.165) is 50.3 Å². The maximum absolute atomic E-state index is 12.4. The summed E-state index contributed by atoms with van der Waals surface area (Å²) >= 11 is 0. The van der Waals surface area contributed by atoms with Gasteiger partial charge in [-0.3, -0.25) is 19.4 Å². The number of hydrogen-bond donors (Lipinski definition) is 2. The Hall–Kier alpha value is -1.92. The molecule has 0 unspecified atom stereocenters. The van der Waals surface area contributed by atoms with Gasteiger partial charge in [0.15, 0.2) is 0 Å². The Morgan fingerprint density at radius 1 is 0.931 bits per heavy atom. The number of amides is 2. The molecular formula is C23H38N4O2. The van der Waals surface area contributed by atoms with E-state index in [1.807, 2.05) is 32.0 Å². The summed E-state index contributed by atoms with van der Waals surface area (Å²) < 4.78 is 0. The van der Waals surface area contributed by atoms with Crippen LogP contribution in [0.25, 0.3) is 0 Å². The molecule has 162 valence electrons. The van der Waals surface area contributed by atoms with E-state index >= 15 is 0 Å². The molecule has 1 fully saturated rings. The summed E-state index contributed by atoms with van der Waals surface area (Å²) in [6.07, 6.45) is 2.15. The summed E-state index contributed by atoms with van der Waals surface area (Å²) in [7, 11) is 0. The molecule has 2 rings (SSSR count). The first-order valence-corrected chi connectivity index (χ1v) is 10.8. The van der Waals surface area contributed by atoms with Gasteiger partial charge >= 0.3 is 0 Å². The highest BCUT2D eigenvalue weighted by Gasteiger charge is 2.21. The van der Waals surface area contributed by atoms with E-state index in [2.05, 4.69) is 41.2 Å². The van der Waals surface area contributed by atoms with E-state index in [0.29, 0.717) is 19.0 Å². The maximum Gasteiger partial charge on any atom is 0.238 e. The molecule has 1 aliphatic rings. The second kappa shape index (κ2) is 11.3. The Balaban J connectivity index is 1.68. The van der Waals surface area contributed by atoms with Crippen LogP contribution in [0.3, 0.4) is 0 Å². The Bertz CT molecular complexity index is 681. The predicted octanol–water partition coefficient (Wildman–Crippen LogP) is 2.80. The third-order valence-corrected chi connectivity index (χ3v) is 5.66. The van der Waals surface area contributed by atoms with E-state index in [1.54, 1.807) is 0 Å². The van der Waals surface area contributed by atoms with Gasteiger partial charge in [-0.25, -0.2) is 0 Å². The van der Waals surface area contributed by atoms with Crippen molar-refractivity contribution in [2.75, 3.05) is 44.6 Å². The second-order valence-corrected chi connectivity index (χ2v) is 8.79. The zero-order valence-electron chi connectivity index (χ0n) is 18.8. The third kappa shape index (κ3) is 8.15. The van der Waals surface area contributed by atoms with Crippen molar-refractivity contribution >= 4 is 17.5 Å². The molecule has 6 heteroatoms. The van der Waals surface area contributed by atoms with E-state index in [4.69, 9.17) is 0 Å². The SMILES string of the molecule is Cc1cccc(NC(=O)CN2CCN(CC(=O)N[C@H](C)CCC(C)C)CC2)c1C. The molecule has 0 saturated carbocycles. The number of benzene rings is 1. The first-order valence-electron chi connectivity index (χ1n) is 10.8. The van der Waals surface area contributed by atoms with Gasteiger partial charge < -0.3 is 10.6 Å². The molecular weight excluding hydrogens is 364 g/mol. The summed E-state index contributed by atoms with van der Waals surface area (Å²) in [5.41, 5.74) is 3.17. The molecule has 0 aromatic heterocycles. The van der Waals surface area contributed by atoms with Crippen LogP contribution in [0.5, 0.6) is 0 Å². The van der Waals surface area contributed by atoms with Gasteiger partial charge in [0.1, 0.15) is 0 Å².